The molecule has 8 heteroatoms. The number of halogens is 1. The Hall–Kier alpha value is -3.29. The Morgan fingerprint density at radius 1 is 0.969 bits per heavy atom. The van der Waals surface area contributed by atoms with Crippen LogP contribution < -0.4 is 15.4 Å². The van der Waals surface area contributed by atoms with E-state index in [-0.39, 0.29) is 0 Å². The first-order valence-corrected chi connectivity index (χ1v) is 10.9. The number of nitrogen functional groups attached to an aromatic ring is 1. The highest BCUT2D eigenvalue weighted by atomic mass is 35.5. The fraction of sp³-hybridized carbons (Fsp3) is 0.250. The molecule has 1 saturated heterocycles. The standard InChI is InChI=1S/C24H25ClN6O/c1-29-8-10-30(11-9-29)18-6-7-22(32-2)19(13-18)21-15-28-31-23(26)20(14-27-24(21)31)16-4-3-5-17(25)12-16/h3-7,12-15H,8-11,26H2,1-2H3. The highest BCUT2D eigenvalue weighted by Gasteiger charge is 2.20. The number of aromatic nitrogens is 3. The van der Waals surface area contributed by atoms with Gasteiger partial charge in [0.15, 0.2) is 5.65 Å². The third-order valence-corrected chi connectivity index (χ3v) is 6.28. The zero-order valence-electron chi connectivity index (χ0n) is 18.1. The second-order valence-electron chi connectivity index (χ2n) is 8.04. The number of ether oxygens (including phenoxy) is 1. The quantitative estimate of drug-likeness (QED) is 0.507. The van der Waals surface area contributed by atoms with E-state index in [1.54, 1.807) is 24.0 Å². The SMILES string of the molecule is COc1ccc(N2CCN(C)CC2)cc1-c1cnn2c(N)c(-c3cccc(Cl)c3)cnc12. The maximum absolute atomic E-state index is 6.50. The Bertz CT molecular complexity index is 1280. The topological polar surface area (TPSA) is 71.9 Å². The van der Waals surface area contributed by atoms with E-state index in [4.69, 9.17) is 27.1 Å². The molecule has 0 bridgehead atoms. The predicted octanol–water partition coefficient (Wildman–Crippen LogP) is 4.06. The van der Waals surface area contributed by atoms with Crippen LogP contribution in [0.4, 0.5) is 11.5 Å². The molecular formula is C24H25ClN6O. The highest BCUT2D eigenvalue weighted by Crippen LogP contribution is 2.37. The van der Waals surface area contributed by atoms with Crippen LogP contribution in [0.15, 0.2) is 54.9 Å². The van der Waals surface area contributed by atoms with Crippen molar-refractivity contribution in [2.45, 2.75) is 0 Å². The predicted molar refractivity (Wildman–Crippen MR) is 130 cm³/mol. The van der Waals surface area contributed by atoms with Gasteiger partial charge in [-0.1, -0.05) is 23.7 Å². The number of hydrogen-bond acceptors (Lipinski definition) is 6. The maximum Gasteiger partial charge on any atom is 0.165 e. The monoisotopic (exact) mass is 448 g/mol. The van der Waals surface area contributed by atoms with Gasteiger partial charge in [-0.3, -0.25) is 0 Å². The summed E-state index contributed by atoms with van der Waals surface area (Å²) < 4.78 is 7.35. The number of anilines is 2. The van der Waals surface area contributed by atoms with Crippen LogP contribution in [0.5, 0.6) is 5.75 Å². The van der Waals surface area contributed by atoms with Gasteiger partial charge >= 0.3 is 0 Å². The van der Waals surface area contributed by atoms with Gasteiger partial charge in [0.05, 0.1) is 18.9 Å². The van der Waals surface area contributed by atoms with Crippen molar-refractivity contribution in [3.8, 4) is 28.0 Å². The molecule has 0 saturated carbocycles. The van der Waals surface area contributed by atoms with Crippen LogP contribution >= 0.6 is 11.6 Å². The average Bonchev–Trinajstić information content (AvgIpc) is 3.24. The number of likely N-dealkylation sites (N-methyl/N-ethyl adjacent to an activating group) is 1. The summed E-state index contributed by atoms with van der Waals surface area (Å²) in [5.74, 6) is 1.29. The molecule has 1 aliphatic rings. The summed E-state index contributed by atoms with van der Waals surface area (Å²) in [5.41, 5.74) is 11.8. The van der Waals surface area contributed by atoms with E-state index < -0.39 is 0 Å². The Balaban J connectivity index is 1.59. The molecule has 3 heterocycles. The Kier molecular flexibility index (Phi) is 5.36. The molecule has 1 aliphatic heterocycles. The molecule has 0 radical (unpaired) electrons. The summed E-state index contributed by atoms with van der Waals surface area (Å²) in [5, 5.41) is 5.20. The number of methoxy groups -OCH3 is 1. The van der Waals surface area contributed by atoms with Gasteiger partial charge in [0.2, 0.25) is 0 Å². The first-order valence-electron chi connectivity index (χ1n) is 10.5. The van der Waals surface area contributed by atoms with Gasteiger partial charge in [-0.25, -0.2) is 4.98 Å². The normalized spacial score (nSPS) is 14.8. The summed E-state index contributed by atoms with van der Waals surface area (Å²) in [7, 11) is 3.84. The van der Waals surface area contributed by atoms with E-state index in [2.05, 4.69) is 34.1 Å². The molecule has 7 nitrogen and oxygen atoms in total. The van der Waals surface area contributed by atoms with Crippen LogP contribution in [-0.4, -0.2) is 59.8 Å². The Labute approximate surface area is 192 Å². The van der Waals surface area contributed by atoms with E-state index in [0.717, 1.165) is 59.9 Å². The van der Waals surface area contributed by atoms with Crippen molar-refractivity contribution in [1.29, 1.82) is 0 Å². The van der Waals surface area contributed by atoms with Crippen molar-refractivity contribution in [2.24, 2.45) is 0 Å². The van der Waals surface area contributed by atoms with Gasteiger partial charge in [0.1, 0.15) is 11.6 Å². The molecular weight excluding hydrogens is 424 g/mol. The number of piperazine rings is 1. The molecule has 2 aromatic heterocycles. The second-order valence-corrected chi connectivity index (χ2v) is 8.47. The van der Waals surface area contributed by atoms with Crippen molar-refractivity contribution in [1.82, 2.24) is 19.5 Å². The minimum atomic E-state index is 0.512. The fourth-order valence-electron chi connectivity index (χ4n) is 4.18. The largest absolute Gasteiger partial charge is 0.496 e. The molecule has 1 fully saturated rings. The molecule has 2 N–H and O–H groups in total. The van der Waals surface area contributed by atoms with E-state index in [1.165, 1.54) is 0 Å². The molecule has 4 aromatic rings. The number of benzene rings is 2. The van der Waals surface area contributed by atoms with Gasteiger partial charge in [-0.05, 0) is 42.9 Å². The molecule has 0 aliphatic carbocycles. The van der Waals surface area contributed by atoms with E-state index in [9.17, 15) is 0 Å². The minimum Gasteiger partial charge on any atom is -0.496 e. The smallest absolute Gasteiger partial charge is 0.165 e. The molecule has 164 valence electrons. The van der Waals surface area contributed by atoms with Gasteiger partial charge in [-0.15, -0.1) is 0 Å². The zero-order valence-corrected chi connectivity index (χ0v) is 18.9. The number of rotatable bonds is 4. The molecule has 0 unspecified atom stereocenters. The third-order valence-electron chi connectivity index (χ3n) is 6.04. The van der Waals surface area contributed by atoms with Gasteiger partial charge in [0, 0.05) is 54.2 Å². The van der Waals surface area contributed by atoms with Gasteiger partial charge < -0.3 is 20.3 Å². The lowest BCUT2D eigenvalue weighted by atomic mass is 10.1. The Morgan fingerprint density at radius 3 is 2.53 bits per heavy atom. The molecule has 32 heavy (non-hydrogen) atoms. The lowest BCUT2D eigenvalue weighted by molar-refractivity contribution is 0.313. The highest BCUT2D eigenvalue weighted by molar-refractivity contribution is 6.30. The number of fused-ring (bicyclic) bond motifs is 1. The van der Waals surface area contributed by atoms with Crippen LogP contribution in [0, 0.1) is 0 Å². The van der Waals surface area contributed by atoms with Crippen LogP contribution in [0.25, 0.3) is 27.9 Å². The second kappa shape index (κ2) is 8.33. The van der Waals surface area contributed by atoms with Crippen molar-refractivity contribution in [2.75, 3.05) is 51.0 Å². The fourth-order valence-corrected chi connectivity index (χ4v) is 4.37. The zero-order chi connectivity index (χ0) is 22.2. The van der Waals surface area contributed by atoms with E-state index in [1.807, 2.05) is 30.3 Å². The first kappa shape index (κ1) is 20.6. The molecule has 0 amide bonds. The summed E-state index contributed by atoms with van der Waals surface area (Å²) in [6.45, 7) is 4.07. The van der Waals surface area contributed by atoms with Crippen molar-refractivity contribution in [3.05, 3.63) is 59.9 Å². The minimum absolute atomic E-state index is 0.512. The van der Waals surface area contributed by atoms with Crippen LogP contribution in [0.2, 0.25) is 5.02 Å². The third kappa shape index (κ3) is 3.63. The lowest BCUT2D eigenvalue weighted by Gasteiger charge is -2.34. The molecule has 5 rings (SSSR count). The number of nitrogens with two attached hydrogens (primary N) is 1. The molecule has 0 atom stereocenters. The van der Waals surface area contributed by atoms with Crippen LogP contribution in [0.3, 0.4) is 0 Å². The number of hydrogen-bond donors (Lipinski definition) is 1. The summed E-state index contributed by atoms with van der Waals surface area (Å²) in [4.78, 5) is 9.45. The first-order chi connectivity index (χ1) is 15.5. The van der Waals surface area contributed by atoms with Crippen molar-refractivity contribution >= 4 is 28.8 Å². The Morgan fingerprint density at radius 2 is 1.78 bits per heavy atom. The molecule has 0 spiro atoms. The van der Waals surface area contributed by atoms with Crippen molar-refractivity contribution < 1.29 is 4.74 Å². The van der Waals surface area contributed by atoms with Gasteiger partial charge in [0.25, 0.3) is 0 Å². The summed E-state index contributed by atoms with van der Waals surface area (Å²) >= 11 is 6.17. The van der Waals surface area contributed by atoms with E-state index in [0.29, 0.717) is 16.5 Å². The molecule has 2 aromatic carbocycles. The van der Waals surface area contributed by atoms with Crippen LogP contribution in [0.1, 0.15) is 0 Å². The van der Waals surface area contributed by atoms with Gasteiger partial charge in [-0.2, -0.15) is 9.61 Å². The average molecular weight is 449 g/mol. The van der Waals surface area contributed by atoms with E-state index >= 15 is 0 Å². The lowest BCUT2D eigenvalue weighted by Crippen LogP contribution is -2.44. The van der Waals surface area contributed by atoms with Crippen molar-refractivity contribution in [3.63, 3.8) is 0 Å². The summed E-state index contributed by atoms with van der Waals surface area (Å²) in [6.07, 6.45) is 3.57. The summed E-state index contributed by atoms with van der Waals surface area (Å²) in [6, 6.07) is 13.8. The number of nitrogens with zero attached hydrogens (tertiary/aromatic N) is 5. The van der Waals surface area contributed by atoms with Crippen LogP contribution in [-0.2, 0) is 0 Å². The maximum atomic E-state index is 6.50.